The summed E-state index contributed by atoms with van der Waals surface area (Å²) in [4.78, 5) is 14.0. The molecule has 7 aromatic carbocycles. The summed E-state index contributed by atoms with van der Waals surface area (Å²) in [6.07, 6.45) is 0. The Labute approximate surface area is 237 Å². The molecule has 0 unspecified atom stereocenters. The summed E-state index contributed by atoms with van der Waals surface area (Å²) in [5.74, 6) is 0. The van der Waals surface area contributed by atoms with E-state index in [0.717, 1.165) is 32.9 Å². The number of hydrogen-bond acceptors (Lipinski definition) is 1. The van der Waals surface area contributed by atoms with Gasteiger partial charge in [-0.25, -0.2) is 0 Å². The molecular formula is C39H25NO. The Morgan fingerprint density at radius 2 is 0.829 bits per heavy atom. The van der Waals surface area contributed by atoms with Gasteiger partial charge in [-0.1, -0.05) is 127 Å². The lowest BCUT2D eigenvalue weighted by Gasteiger charge is -2.19. The number of pyridine rings is 1. The van der Waals surface area contributed by atoms with Crippen LogP contribution in [0.15, 0.2) is 156 Å². The van der Waals surface area contributed by atoms with E-state index in [1.807, 2.05) is 53.1 Å². The van der Waals surface area contributed by atoms with Gasteiger partial charge in [-0.3, -0.25) is 9.36 Å². The van der Waals surface area contributed by atoms with Gasteiger partial charge in [0, 0.05) is 16.5 Å². The molecule has 0 aliphatic rings. The molecule has 0 atom stereocenters. The summed E-state index contributed by atoms with van der Waals surface area (Å²) >= 11 is 0. The van der Waals surface area contributed by atoms with Crippen molar-refractivity contribution >= 4 is 43.2 Å². The van der Waals surface area contributed by atoms with Crippen molar-refractivity contribution in [2.45, 2.75) is 0 Å². The summed E-state index contributed by atoms with van der Waals surface area (Å²) in [5, 5.41) is 7.58. The third-order valence-corrected chi connectivity index (χ3v) is 8.18. The Kier molecular flexibility index (Phi) is 5.33. The van der Waals surface area contributed by atoms with Gasteiger partial charge in [-0.15, -0.1) is 0 Å². The molecule has 1 aromatic heterocycles. The number of hydrogen-bond donors (Lipinski definition) is 0. The zero-order valence-corrected chi connectivity index (χ0v) is 22.3. The van der Waals surface area contributed by atoms with Crippen molar-refractivity contribution in [3.8, 4) is 27.9 Å². The fourth-order valence-corrected chi connectivity index (χ4v) is 6.44. The van der Waals surface area contributed by atoms with Gasteiger partial charge in [-0.2, -0.15) is 0 Å². The number of rotatable bonds is 3. The number of fused-ring (bicyclic) bond motifs is 5. The third kappa shape index (κ3) is 3.62. The normalized spacial score (nSPS) is 11.5. The molecule has 0 aliphatic heterocycles. The van der Waals surface area contributed by atoms with Gasteiger partial charge in [0.15, 0.2) is 0 Å². The van der Waals surface area contributed by atoms with Crippen LogP contribution in [0.1, 0.15) is 0 Å². The molecule has 0 bridgehead atoms. The minimum atomic E-state index is -0.00871. The molecule has 8 aromatic rings. The standard InChI is InChI=1S/C39H25NO/c41-39-35-23-9-4-17-29(35)30-18-10-11-24-36(30)40(39)28-16-12-15-27(25-28)38-33-21-7-5-19-31(33)37(26-13-2-1-3-14-26)32-20-6-8-22-34(32)38/h1-25H. The first-order valence-electron chi connectivity index (χ1n) is 13.9. The monoisotopic (exact) mass is 523 g/mol. The summed E-state index contributed by atoms with van der Waals surface area (Å²) in [6, 6.07) is 52.4. The molecule has 0 saturated heterocycles. The number of aromatic nitrogens is 1. The molecular weight excluding hydrogens is 498 g/mol. The van der Waals surface area contributed by atoms with Gasteiger partial charge in [0.05, 0.1) is 5.52 Å². The number of para-hydroxylation sites is 1. The van der Waals surface area contributed by atoms with Crippen LogP contribution in [-0.2, 0) is 0 Å². The molecule has 2 nitrogen and oxygen atoms in total. The maximum absolute atomic E-state index is 14.0. The van der Waals surface area contributed by atoms with Crippen LogP contribution >= 0.6 is 0 Å². The lowest BCUT2D eigenvalue weighted by atomic mass is 9.86. The Bertz CT molecular complexity index is 2270. The summed E-state index contributed by atoms with van der Waals surface area (Å²) in [6.45, 7) is 0. The highest BCUT2D eigenvalue weighted by molar-refractivity contribution is 6.21. The fourth-order valence-electron chi connectivity index (χ4n) is 6.44. The summed E-state index contributed by atoms with van der Waals surface area (Å²) in [5.41, 5.74) is 6.46. The van der Waals surface area contributed by atoms with Crippen LogP contribution in [0.5, 0.6) is 0 Å². The van der Waals surface area contributed by atoms with Gasteiger partial charge in [0.1, 0.15) is 0 Å². The van der Waals surface area contributed by atoms with E-state index in [1.165, 1.54) is 38.2 Å². The van der Waals surface area contributed by atoms with Crippen LogP contribution in [0.2, 0.25) is 0 Å². The molecule has 0 amide bonds. The van der Waals surface area contributed by atoms with Crippen molar-refractivity contribution in [2.75, 3.05) is 0 Å². The van der Waals surface area contributed by atoms with Gasteiger partial charge in [0.25, 0.3) is 5.56 Å². The summed E-state index contributed by atoms with van der Waals surface area (Å²) in [7, 11) is 0. The predicted molar refractivity (Wildman–Crippen MR) is 173 cm³/mol. The number of nitrogens with zero attached hydrogens (tertiary/aromatic N) is 1. The molecule has 0 aliphatic carbocycles. The highest BCUT2D eigenvalue weighted by atomic mass is 16.1. The second kappa shape index (κ2) is 9.32. The van der Waals surface area contributed by atoms with Crippen LogP contribution in [0.3, 0.4) is 0 Å². The first kappa shape index (κ1) is 23.4. The average molecular weight is 524 g/mol. The molecule has 2 heteroatoms. The minimum Gasteiger partial charge on any atom is -0.276 e. The summed E-state index contributed by atoms with van der Waals surface area (Å²) < 4.78 is 1.86. The number of benzene rings is 7. The van der Waals surface area contributed by atoms with Crippen molar-refractivity contribution in [3.05, 3.63) is 162 Å². The predicted octanol–water partition coefficient (Wildman–Crippen LogP) is 9.78. The average Bonchev–Trinajstić information content (AvgIpc) is 3.04. The lowest BCUT2D eigenvalue weighted by Crippen LogP contribution is -2.19. The smallest absolute Gasteiger partial charge is 0.263 e. The van der Waals surface area contributed by atoms with Crippen molar-refractivity contribution in [2.24, 2.45) is 0 Å². The lowest BCUT2D eigenvalue weighted by molar-refractivity contribution is 1.06. The van der Waals surface area contributed by atoms with Gasteiger partial charge < -0.3 is 0 Å². The highest BCUT2D eigenvalue weighted by Crippen LogP contribution is 2.43. The molecule has 0 N–H and O–H groups in total. The molecule has 192 valence electrons. The second-order valence-corrected chi connectivity index (χ2v) is 10.5. The van der Waals surface area contributed by atoms with Gasteiger partial charge in [-0.05, 0) is 73.5 Å². The van der Waals surface area contributed by atoms with Gasteiger partial charge >= 0.3 is 0 Å². The highest BCUT2D eigenvalue weighted by Gasteiger charge is 2.17. The van der Waals surface area contributed by atoms with E-state index in [4.69, 9.17) is 0 Å². The Balaban J connectivity index is 1.46. The van der Waals surface area contributed by atoms with E-state index < -0.39 is 0 Å². The molecule has 0 fully saturated rings. The molecule has 0 radical (unpaired) electrons. The van der Waals surface area contributed by atoms with E-state index >= 15 is 0 Å². The minimum absolute atomic E-state index is 0.00871. The van der Waals surface area contributed by atoms with Crippen molar-refractivity contribution in [1.82, 2.24) is 4.57 Å². The van der Waals surface area contributed by atoms with E-state index in [-0.39, 0.29) is 5.56 Å². The van der Waals surface area contributed by atoms with Gasteiger partial charge in [0.2, 0.25) is 0 Å². The van der Waals surface area contributed by atoms with Crippen molar-refractivity contribution < 1.29 is 0 Å². The molecule has 41 heavy (non-hydrogen) atoms. The molecule has 0 saturated carbocycles. The Hall–Kier alpha value is -5.47. The van der Waals surface area contributed by atoms with Crippen LogP contribution < -0.4 is 5.56 Å². The van der Waals surface area contributed by atoms with Crippen LogP contribution in [0.4, 0.5) is 0 Å². The molecule has 8 rings (SSSR count). The quantitative estimate of drug-likeness (QED) is 0.167. The third-order valence-electron chi connectivity index (χ3n) is 8.18. The second-order valence-electron chi connectivity index (χ2n) is 10.5. The first-order valence-corrected chi connectivity index (χ1v) is 13.9. The Morgan fingerprint density at radius 1 is 0.366 bits per heavy atom. The van der Waals surface area contributed by atoms with E-state index in [1.54, 1.807) is 0 Å². The van der Waals surface area contributed by atoms with Crippen molar-refractivity contribution in [3.63, 3.8) is 0 Å². The topological polar surface area (TPSA) is 22.0 Å². The zero-order valence-electron chi connectivity index (χ0n) is 22.3. The van der Waals surface area contributed by atoms with E-state index in [9.17, 15) is 4.79 Å². The SMILES string of the molecule is O=c1c2ccccc2c2ccccc2n1-c1cccc(-c2c3ccccc3c(-c3ccccc3)c3ccccc23)c1. The van der Waals surface area contributed by atoms with Crippen molar-refractivity contribution in [1.29, 1.82) is 0 Å². The van der Waals surface area contributed by atoms with E-state index in [0.29, 0.717) is 0 Å². The molecule has 1 heterocycles. The van der Waals surface area contributed by atoms with Crippen LogP contribution in [-0.4, -0.2) is 4.57 Å². The van der Waals surface area contributed by atoms with Crippen LogP contribution in [0, 0.1) is 0 Å². The van der Waals surface area contributed by atoms with Crippen LogP contribution in [0.25, 0.3) is 71.2 Å². The maximum Gasteiger partial charge on any atom is 0.263 e. The first-order chi connectivity index (χ1) is 20.3. The maximum atomic E-state index is 14.0. The molecule has 0 spiro atoms. The Morgan fingerprint density at radius 3 is 1.46 bits per heavy atom. The zero-order chi connectivity index (χ0) is 27.3. The van der Waals surface area contributed by atoms with E-state index in [2.05, 4.69) is 103 Å². The largest absolute Gasteiger partial charge is 0.276 e. The fraction of sp³-hybridized carbons (Fsp3) is 0.